The Morgan fingerprint density at radius 1 is 1.04 bits per heavy atom. The molecule has 2 aromatic rings. The summed E-state index contributed by atoms with van der Waals surface area (Å²) in [6, 6.07) is 10.6. The van der Waals surface area contributed by atoms with E-state index in [1.807, 2.05) is 25.2 Å². The van der Waals surface area contributed by atoms with E-state index in [1.165, 1.54) is 12.5 Å². The summed E-state index contributed by atoms with van der Waals surface area (Å²) >= 11 is 0. The molecule has 0 amide bonds. The highest BCUT2D eigenvalue weighted by Gasteiger charge is 2.22. The number of hydrogen-bond acceptors (Lipinski definition) is 2. The zero-order valence-electron chi connectivity index (χ0n) is 13.3. The number of Topliss-reactive ketones (excluding diaryl/α,β-unsaturated/α-hetero) is 1. The van der Waals surface area contributed by atoms with Crippen LogP contribution in [-0.2, 0) is 6.54 Å². The molecule has 0 unspecified atom stereocenters. The number of carbonyl (C=O) groups excluding carboxylic acids is 1. The molecular weight excluding hydrogens is 322 g/mol. The van der Waals surface area contributed by atoms with Crippen LogP contribution in [0.15, 0.2) is 48.6 Å². The van der Waals surface area contributed by atoms with Gasteiger partial charge in [-0.05, 0) is 31.2 Å². The number of nitrogens with one attached hydrogen (secondary N) is 1. The molecular formula is C18H17F4NO. The highest BCUT2D eigenvalue weighted by molar-refractivity contribution is 6.08. The third kappa shape index (κ3) is 5.03. The van der Waals surface area contributed by atoms with Crippen LogP contribution in [0.2, 0.25) is 0 Å². The molecule has 0 bridgehead atoms. The molecule has 0 aliphatic heterocycles. The summed E-state index contributed by atoms with van der Waals surface area (Å²) in [6.45, 7) is 5.41. The van der Waals surface area contributed by atoms with Crippen LogP contribution in [0.25, 0.3) is 0 Å². The van der Waals surface area contributed by atoms with Crippen molar-refractivity contribution in [3.63, 3.8) is 0 Å². The van der Waals surface area contributed by atoms with E-state index in [9.17, 15) is 22.4 Å². The van der Waals surface area contributed by atoms with Crippen LogP contribution in [0.4, 0.5) is 17.6 Å². The van der Waals surface area contributed by atoms with Crippen molar-refractivity contribution in [2.24, 2.45) is 0 Å². The second-order valence-electron chi connectivity index (χ2n) is 4.97. The van der Waals surface area contributed by atoms with Crippen LogP contribution >= 0.6 is 0 Å². The minimum atomic E-state index is -2.00. The van der Waals surface area contributed by atoms with Gasteiger partial charge in [0, 0.05) is 6.54 Å². The molecule has 2 rings (SSSR count). The van der Waals surface area contributed by atoms with Gasteiger partial charge in [0.15, 0.2) is 29.1 Å². The van der Waals surface area contributed by atoms with Crippen LogP contribution < -0.4 is 5.32 Å². The Kier molecular flexibility index (Phi) is 7.32. The lowest BCUT2D eigenvalue weighted by Crippen LogP contribution is -2.08. The molecule has 0 fully saturated rings. The average Bonchev–Trinajstić information content (AvgIpc) is 2.57. The molecule has 0 aliphatic carbocycles. The lowest BCUT2D eigenvalue weighted by molar-refractivity contribution is 0.102. The Morgan fingerprint density at radius 3 is 2.12 bits per heavy atom. The van der Waals surface area contributed by atoms with Gasteiger partial charge >= 0.3 is 0 Å². The van der Waals surface area contributed by atoms with E-state index in [-0.39, 0.29) is 5.57 Å². The Labute approximate surface area is 137 Å². The highest BCUT2D eigenvalue weighted by atomic mass is 19.2. The van der Waals surface area contributed by atoms with Gasteiger partial charge in [-0.15, -0.1) is 0 Å². The van der Waals surface area contributed by atoms with Crippen molar-refractivity contribution < 1.29 is 22.4 Å². The maximum atomic E-state index is 13.0. The zero-order valence-corrected chi connectivity index (χ0v) is 13.3. The van der Waals surface area contributed by atoms with E-state index >= 15 is 0 Å². The van der Waals surface area contributed by atoms with E-state index in [1.54, 1.807) is 0 Å². The number of rotatable bonds is 4. The molecule has 0 aromatic heterocycles. The maximum absolute atomic E-state index is 13.0. The maximum Gasteiger partial charge on any atom is 0.198 e. The van der Waals surface area contributed by atoms with Gasteiger partial charge in [0.1, 0.15) is 0 Å². The van der Waals surface area contributed by atoms with Gasteiger partial charge in [0.05, 0.1) is 5.56 Å². The number of ketones is 1. The minimum Gasteiger partial charge on any atom is -0.316 e. The van der Waals surface area contributed by atoms with E-state index in [0.29, 0.717) is 6.07 Å². The van der Waals surface area contributed by atoms with Crippen molar-refractivity contribution in [1.82, 2.24) is 5.32 Å². The quantitative estimate of drug-likeness (QED) is 0.294. The fourth-order valence-corrected chi connectivity index (χ4v) is 1.77. The van der Waals surface area contributed by atoms with Gasteiger partial charge in [-0.3, -0.25) is 4.79 Å². The van der Waals surface area contributed by atoms with Gasteiger partial charge in [-0.1, -0.05) is 36.9 Å². The van der Waals surface area contributed by atoms with Crippen LogP contribution in [0, 0.1) is 23.3 Å². The molecule has 0 atom stereocenters. The van der Waals surface area contributed by atoms with Crippen LogP contribution in [0.5, 0.6) is 0 Å². The summed E-state index contributed by atoms with van der Waals surface area (Å²) in [4.78, 5) is 11.2. The van der Waals surface area contributed by atoms with E-state index < -0.39 is 34.6 Å². The Bertz CT molecular complexity index is 730. The van der Waals surface area contributed by atoms with Crippen molar-refractivity contribution in [1.29, 1.82) is 0 Å². The SMILES string of the molecule is C=C(C)C(=O)c1cc(F)c(F)c(F)c1F.CNCc1ccccc1. The van der Waals surface area contributed by atoms with Gasteiger partial charge in [0.25, 0.3) is 0 Å². The fraction of sp³-hybridized carbons (Fsp3) is 0.167. The van der Waals surface area contributed by atoms with E-state index in [0.717, 1.165) is 6.54 Å². The third-order valence-electron chi connectivity index (χ3n) is 2.96. The smallest absolute Gasteiger partial charge is 0.198 e. The molecule has 24 heavy (non-hydrogen) atoms. The second kappa shape index (κ2) is 8.98. The number of allylic oxidation sites excluding steroid dienone is 1. The monoisotopic (exact) mass is 339 g/mol. The summed E-state index contributed by atoms with van der Waals surface area (Å²) in [5.74, 6) is -8.23. The molecule has 0 radical (unpaired) electrons. The largest absolute Gasteiger partial charge is 0.316 e. The number of carbonyl (C=O) groups is 1. The molecule has 0 heterocycles. The van der Waals surface area contributed by atoms with E-state index in [2.05, 4.69) is 24.0 Å². The van der Waals surface area contributed by atoms with Gasteiger partial charge in [-0.25, -0.2) is 17.6 Å². The van der Waals surface area contributed by atoms with Crippen LogP contribution in [0.3, 0.4) is 0 Å². The second-order valence-corrected chi connectivity index (χ2v) is 4.97. The molecule has 0 saturated heterocycles. The van der Waals surface area contributed by atoms with Crippen molar-refractivity contribution in [2.75, 3.05) is 7.05 Å². The Hall–Kier alpha value is -2.47. The van der Waals surface area contributed by atoms with Gasteiger partial charge in [-0.2, -0.15) is 0 Å². The fourth-order valence-electron chi connectivity index (χ4n) is 1.77. The molecule has 2 nitrogen and oxygen atoms in total. The van der Waals surface area contributed by atoms with Gasteiger partial charge in [0.2, 0.25) is 0 Å². The number of hydrogen-bond donors (Lipinski definition) is 1. The number of halogens is 4. The lowest BCUT2D eigenvalue weighted by Gasteiger charge is -2.04. The average molecular weight is 339 g/mol. The molecule has 6 heteroatoms. The van der Waals surface area contributed by atoms with Crippen molar-refractivity contribution in [3.8, 4) is 0 Å². The molecule has 0 spiro atoms. The predicted molar refractivity (Wildman–Crippen MR) is 84.6 cm³/mol. The van der Waals surface area contributed by atoms with Crippen LogP contribution in [-0.4, -0.2) is 12.8 Å². The predicted octanol–water partition coefficient (Wildman–Crippen LogP) is 4.41. The first-order valence-corrected chi connectivity index (χ1v) is 7.01. The molecule has 1 N–H and O–H groups in total. The third-order valence-corrected chi connectivity index (χ3v) is 2.96. The number of benzene rings is 2. The lowest BCUT2D eigenvalue weighted by atomic mass is 10.0. The van der Waals surface area contributed by atoms with E-state index in [4.69, 9.17) is 0 Å². The Balaban J connectivity index is 0.000000272. The van der Waals surface area contributed by atoms with Crippen LogP contribution in [0.1, 0.15) is 22.8 Å². The highest BCUT2D eigenvalue weighted by Crippen LogP contribution is 2.20. The standard InChI is InChI=1S/C10H6F4O.C8H11N/c1-4(2)10(15)5-3-6(11)8(13)9(14)7(5)12;1-9-7-8-5-3-2-4-6-8/h3H,1H2,2H3;2-6,9H,7H2,1H3. The molecule has 2 aromatic carbocycles. The first-order valence-electron chi connectivity index (χ1n) is 7.01. The summed E-state index contributed by atoms with van der Waals surface area (Å²) in [5.41, 5.74) is 0.373. The van der Waals surface area contributed by atoms with Crippen molar-refractivity contribution in [2.45, 2.75) is 13.5 Å². The summed E-state index contributed by atoms with van der Waals surface area (Å²) < 4.78 is 50.9. The molecule has 0 aliphatic rings. The first-order chi connectivity index (χ1) is 11.3. The molecule has 128 valence electrons. The van der Waals surface area contributed by atoms with Crippen molar-refractivity contribution >= 4 is 5.78 Å². The zero-order chi connectivity index (χ0) is 18.3. The molecule has 0 saturated carbocycles. The van der Waals surface area contributed by atoms with Crippen molar-refractivity contribution in [3.05, 3.63) is 82.9 Å². The summed E-state index contributed by atoms with van der Waals surface area (Å²) in [7, 11) is 1.95. The van der Waals surface area contributed by atoms with Gasteiger partial charge < -0.3 is 5.32 Å². The first kappa shape index (κ1) is 19.6. The normalized spacial score (nSPS) is 9.92. The topological polar surface area (TPSA) is 29.1 Å². The minimum absolute atomic E-state index is 0.0979. The summed E-state index contributed by atoms with van der Waals surface area (Å²) in [5, 5.41) is 3.08. The summed E-state index contributed by atoms with van der Waals surface area (Å²) in [6.07, 6.45) is 0. The Morgan fingerprint density at radius 2 is 1.62 bits per heavy atom.